The summed E-state index contributed by atoms with van der Waals surface area (Å²) in [4.78, 5) is 4.41. The Hall–Kier alpha value is -1.50. The summed E-state index contributed by atoms with van der Waals surface area (Å²) in [7, 11) is -3.45. The third kappa shape index (κ3) is 2.79. The van der Waals surface area contributed by atoms with Crippen molar-refractivity contribution in [2.45, 2.75) is 24.3 Å². The maximum Gasteiger partial charge on any atom is 0.243 e. The van der Waals surface area contributed by atoms with E-state index in [1.165, 1.54) is 0 Å². The van der Waals surface area contributed by atoms with Crippen molar-refractivity contribution in [2.24, 2.45) is 0 Å². The van der Waals surface area contributed by atoms with Crippen LogP contribution in [0.15, 0.2) is 41.6 Å². The smallest absolute Gasteiger partial charge is 0.243 e. The zero-order chi connectivity index (χ0) is 14.9. The van der Waals surface area contributed by atoms with Gasteiger partial charge in [0.25, 0.3) is 0 Å². The molecule has 1 atom stereocenters. The molecule has 0 bridgehead atoms. The number of pyridine rings is 1. The van der Waals surface area contributed by atoms with Crippen LogP contribution in [-0.4, -0.2) is 43.4 Å². The molecule has 6 heteroatoms. The van der Waals surface area contributed by atoms with Crippen molar-refractivity contribution in [3.8, 4) is 0 Å². The molecule has 1 N–H and O–H groups in total. The van der Waals surface area contributed by atoms with Gasteiger partial charge in [-0.05, 0) is 43.5 Å². The lowest BCUT2D eigenvalue weighted by molar-refractivity contribution is 0.353. The van der Waals surface area contributed by atoms with Crippen molar-refractivity contribution >= 4 is 20.8 Å². The molecule has 1 aliphatic heterocycles. The maximum absolute atomic E-state index is 12.9. The molecule has 0 radical (unpaired) electrons. The van der Waals surface area contributed by atoms with Gasteiger partial charge in [0.15, 0.2) is 0 Å². The van der Waals surface area contributed by atoms with Gasteiger partial charge >= 0.3 is 0 Å². The van der Waals surface area contributed by atoms with Crippen molar-refractivity contribution in [3.05, 3.63) is 36.7 Å². The highest BCUT2D eigenvalue weighted by Crippen LogP contribution is 2.23. The van der Waals surface area contributed by atoms with E-state index >= 15 is 0 Å². The summed E-state index contributed by atoms with van der Waals surface area (Å²) in [5, 5.41) is 5.11. The zero-order valence-corrected chi connectivity index (χ0v) is 12.8. The fraction of sp³-hybridized carbons (Fsp3) is 0.400. The van der Waals surface area contributed by atoms with Crippen LogP contribution in [0.3, 0.4) is 0 Å². The molecule has 112 valence electrons. The molecule has 3 rings (SSSR count). The Morgan fingerprint density at radius 3 is 3.00 bits per heavy atom. The molecule has 2 heterocycles. The molecule has 1 unspecified atom stereocenters. The van der Waals surface area contributed by atoms with Gasteiger partial charge < -0.3 is 5.32 Å². The zero-order valence-electron chi connectivity index (χ0n) is 12.0. The summed E-state index contributed by atoms with van der Waals surface area (Å²) < 4.78 is 27.4. The summed E-state index contributed by atoms with van der Waals surface area (Å²) >= 11 is 0. The maximum atomic E-state index is 12.9. The molecule has 1 aliphatic rings. The standard InChI is InChI=1S/C15H19N3O2S/c1-12-10-16-6-2-8-18(12)21(19,20)15-4-3-14-11-17-7-5-13(14)9-15/h3-5,7,9,11-12,16H,2,6,8,10H2,1H3. The van der Waals surface area contributed by atoms with Crippen LogP contribution >= 0.6 is 0 Å². The molecular formula is C15H19N3O2S. The molecule has 0 spiro atoms. The van der Waals surface area contributed by atoms with E-state index in [9.17, 15) is 8.42 Å². The number of hydrogen-bond donors (Lipinski definition) is 1. The third-order valence-corrected chi connectivity index (χ3v) is 5.89. The van der Waals surface area contributed by atoms with E-state index < -0.39 is 10.0 Å². The summed E-state index contributed by atoms with van der Waals surface area (Å²) in [6, 6.07) is 7.02. The lowest BCUT2D eigenvalue weighted by Gasteiger charge is -2.26. The van der Waals surface area contributed by atoms with Crippen LogP contribution < -0.4 is 5.32 Å². The largest absolute Gasteiger partial charge is 0.315 e. The fourth-order valence-electron chi connectivity index (χ4n) is 2.71. The van der Waals surface area contributed by atoms with Gasteiger partial charge in [0.1, 0.15) is 0 Å². The van der Waals surface area contributed by atoms with Crippen LogP contribution in [0, 0.1) is 0 Å². The summed E-state index contributed by atoms with van der Waals surface area (Å²) in [5.74, 6) is 0. The summed E-state index contributed by atoms with van der Waals surface area (Å²) in [5.41, 5.74) is 0. The number of rotatable bonds is 2. The minimum Gasteiger partial charge on any atom is -0.315 e. The Bertz CT molecular complexity index is 745. The van der Waals surface area contributed by atoms with Gasteiger partial charge in [-0.3, -0.25) is 4.98 Å². The van der Waals surface area contributed by atoms with Gasteiger partial charge in [0.2, 0.25) is 10.0 Å². The minimum atomic E-state index is -3.45. The van der Waals surface area contributed by atoms with E-state index in [-0.39, 0.29) is 6.04 Å². The van der Waals surface area contributed by atoms with Crippen LogP contribution in [0.5, 0.6) is 0 Å². The van der Waals surface area contributed by atoms with E-state index in [4.69, 9.17) is 0 Å². The van der Waals surface area contributed by atoms with E-state index in [1.807, 2.05) is 19.1 Å². The van der Waals surface area contributed by atoms with Gasteiger partial charge in [-0.2, -0.15) is 4.31 Å². The molecule has 5 nitrogen and oxygen atoms in total. The third-order valence-electron chi connectivity index (χ3n) is 3.88. The average Bonchev–Trinajstić information content (AvgIpc) is 2.71. The number of aromatic nitrogens is 1. The Balaban J connectivity index is 2.02. The molecule has 1 fully saturated rings. The fourth-order valence-corrected chi connectivity index (χ4v) is 4.41. The molecule has 0 amide bonds. The van der Waals surface area contributed by atoms with Crippen LogP contribution in [0.4, 0.5) is 0 Å². The number of fused-ring (bicyclic) bond motifs is 1. The van der Waals surface area contributed by atoms with Crippen LogP contribution in [0.2, 0.25) is 0 Å². The second-order valence-corrected chi connectivity index (χ2v) is 7.30. The normalized spacial score (nSPS) is 21.3. The van der Waals surface area contributed by atoms with Gasteiger partial charge in [0, 0.05) is 36.9 Å². The van der Waals surface area contributed by atoms with Crippen molar-refractivity contribution in [2.75, 3.05) is 19.6 Å². The van der Waals surface area contributed by atoms with Gasteiger partial charge in [-0.1, -0.05) is 6.07 Å². The van der Waals surface area contributed by atoms with E-state index in [2.05, 4.69) is 10.3 Å². The number of hydrogen-bond acceptors (Lipinski definition) is 4. The molecule has 1 aromatic heterocycles. The monoisotopic (exact) mass is 305 g/mol. The van der Waals surface area contributed by atoms with Gasteiger partial charge in [-0.15, -0.1) is 0 Å². The molecule has 1 aromatic carbocycles. The Morgan fingerprint density at radius 1 is 1.29 bits per heavy atom. The molecule has 2 aromatic rings. The highest BCUT2D eigenvalue weighted by molar-refractivity contribution is 7.89. The summed E-state index contributed by atoms with van der Waals surface area (Å²) in [6.07, 6.45) is 4.25. The van der Waals surface area contributed by atoms with Crippen molar-refractivity contribution < 1.29 is 8.42 Å². The van der Waals surface area contributed by atoms with Crippen molar-refractivity contribution in [1.82, 2.24) is 14.6 Å². The predicted molar refractivity (Wildman–Crippen MR) is 82.6 cm³/mol. The van der Waals surface area contributed by atoms with Crippen molar-refractivity contribution in [3.63, 3.8) is 0 Å². The van der Waals surface area contributed by atoms with Crippen LogP contribution in [0.1, 0.15) is 13.3 Å². The molecule has 21 heavy (non-hydrogen) atoms. The number of nitrogens with one attached hydrogen (secondary N) is 1. The van der Waals surface area contributed by atoms with Crippen LogP contribution in [-0.2, 0) is 10.0 Å². The highest BCUT2D eigenvalue weighted by Gasteiger charge is 2.29. The minimum absolute atomic E-state index is 0.0364. The van der Waals surface area contributed by atoms with Gasteiger partial charge in [-0.25, -0.2) is 8.42 Å². The molecule has 0 aliphatic carbocycles. The Kier molecular flexibility index (Phi) is 3.93. The van der Waals surface area contributed by atoms with E-state index in [1.54, 1.807) is 28.8 Å². The lowest BCUT2D eigenvalue weighted by Crippen LogP contribution is -2.41. The SMILES string of the molecule is CC1CNCCCN1S(=O)(=O)c1ccc2cnccc2c1. The predicted octanol–water partition coefficient (Wildman–Crippen LogP) is 1.61. The molecule has 0 saturated carbocycles. The number of nitrogens with zero attached hydrogens (tertiary/aromatic N) is 2. The first kappa shape index (κ1) is 14.4. The highest BCUT2D eigenvalue weighted by atomic mass is 32.2. The first-order valence-electron chi connectivity index (χ1n) is 7.15. The topological polar surface area (TPSA) is 62.3 Å². The van der Waals surface area contributed by atoms with Crippen LogP contribution in [0.25, 0.3) is 10.8 Å². The Labute approximate surface area is 125 Å². The first-order chi connectivity index (χ1) is 10.1. The van der Waals surface area contributed by atoms with Gasteiger partial charge in [0.05, 0.1) is 4.90 Å². The first-order valence-corrected chi connectivity index (χ1v) is 8.59. The van der Waals surface area contributed by atoms with Crippen molar-refractivity contribution in [1.29, 1.82) is 0 Å². The Morgan fingerprint density at radius 2 is 2.14 bits per heavy atom. The number of benzene rings is 1. The van der Waals surface area contributed by atoms with E-state index in [0.717, 1.165) is 23.7 Å². The molecule has 1 saturated heterocycles. The lowest BCUT2D eigenvalue weighted by atomic mass is 10.2. The second kappa shape index (κ2) is 5.71. The quantitative estimate of drug-likeness (QED) is 0.915. The summed E-state index contributed by atoms with van der Waals surface area (Å²) in [6.45, 7) is 4.06. The molecular weight excluding hydrogens is 286 g/mol. The second-order valence-electron chi connectivity index (χ2n) is 5.41. The average molecular weight is 305 g/mol. The van der Waals surface area contributed by atoms with E-state index in [0.29, 0.717) is 18.0 Å². The number of sulfonamides is 1.